The summed E-state index contributed by atoms with van der Waals surface area (Å²) in [5.41, 5.74) is 5.24. The van der Waals surface area contributed by atoms with E-state index in [0.29, 0.717) is 0 Å². The fourth-order valence-corrected chi connectivity index (χ4v) is 1.11. The number of nitrogens with two attached hydrogens (primary N) is 1. The Morgan fingerprint density at radius 2 is 1.77 bits per heavy atom. The van der Waals surface area contributed by atoms with Gasteiger partial charge in [0.2, 0.25) is 0 Å². The van der Waals surface area contributed by atoms with E-state index >= 15 is 0 Å². The van der Waals surface area contributed by atoms with Gasteiger partial charge in [0.1, 0.15) is 12.2 Å². The van der Waals surface area contributed by atoms with Gasteiger partial charge in [0.15, 0.2) is 12.4 Å². The lowest BCUT2D eigenvalue weighted by Gasteiger charge is -2.36. The second kappa shape index (κ2) is 3.56. The highest BCUT2D eigenvalue weighted by Crippen LogP contribution is 2.18. The third-order valence-electron chi connectivity index (χ3n) is 1.92. The summed E-state index contributed by atoms with van der Waals surface area (Å²) in [6.07, 6.45) is -6.30. The van der Waals surface area contributed by atoms with Crippen molar-refractivity contribution in [1.82, 2.24) is 0 Å². The largest absolute Gasteiger partial charge is 0.479 e. The van der Waals surface area contributed by atoms with Crippen molar-refractivity contribution in [3.63, 3.8) is 0 Å². The van der Waals surface area contributed by atoms with E-state index in [9.17, 15) is 9.90 Å². The maximum atomic E-state index is 10.4. The molecule has 0 spiro atoms. The fourth-order valence-electron chi connectivity index (χ4n) is 1.11. The van der Waals surface area contributed by atoms with Crippen molar-refractivity contribution < 1.29 is 30.0 Å². The molecule has 1 aliphatic heterocycles. The number of carboxylic acid groups (broad SMARTS) is 1. The van der Waals surface area contributed by atoms with E-state index in [2.05, 4.69) is 4.74 Å². The van der Waals surface area contributed by atoms with Gasteiger partial charge in [-0.2, -0.15) is 0 Å². The van der Waals surface area contributed by atoms with Crippen LogP contribution in [0.15, 0.2) is 0 Å². The Morgan fingerprint density at radius 1 is 1.23 bits per heavy atom. The van der Waals surface area contributed by atoms with Crippen molar-refractivity contribution in [2.24, 2.45) is 5.73 Å². The molecular weight excluding hydrogens is 182 g/mol. The van der Waals surface area contributed by atoms with E-state index in [1.54, 1.807) is 0 Å². The number of aliphatic hydroxyl groups is 3. The van der Waals surface area contributed by atoms with Crippen LogP contribution in [-0.4, -0.2) is 57.0 Å². The van der Waals surface area contributed by atoms with Gasteiger partial charge in [-0.1, -0.05) is 0 Å². The average Bonchev–Trinajstić information content (AvgIpc) is 2.07. The van der Waals surface area contributed by atoms with Crippen molar-refractivity contribution in [2.45, 2.75) is 30.6 Å². The quantitative estimate of drug-likeness (QED) is 0.296. The van der Waals surface area contributed by atoms with Crippen LogP contribution < -0.4 is 5.73 Å². The Labute approximate surface area is 73.4 Å². The first-order valence-electron chi connectivity index (χ1n) is 3.63. The molecule has 0 aromatic heterocycles. The van der Waals surface area contributed by atoms with Crippen molar-refractivity contribution >= 4 is 5.97 Å². The first kappa shape index (κ1) is 10.4. The number of aliphatic hydroxyl groups excluding tert-OH is 3. The molecule has 76 valence electrons. The molecule has 0 saturated carbocycles. The van der Waals surface area contributed by atoms with Gasteiger partial charge in [0.05, 0.1) is 6.04 Å². The zero-order valence-corrected chi connectivity index (χ0v) is 6.57. The second-order valence-electron chi connectivity index (χ2n) is 2.84. The van der Waals surface area contributed by atoms with Crippen molar-refractivity contribution in [3.05, 3.63) is 0 Å². The Bertz CT molecular complexity index is 209. The van der Waals surface area contributed by atoms with Gasteiger partial charge in [-0.3, -0.25) is 0 Å². The van der Waals surface area contributed by atoms with Crippen LogP contribution in [0, 0.1) is 0 Å². The summed E-state index contributed by atoms with van der Waals surface area (Å²) in [6, 6.07) is -1.23. The molecule has 1 rings (SSSR count). The lowest BCUT2D eigenvalue weighted by molar-refractivity contribution is -0.253. The fraction of sp³-hybridized carbons (Fsp3) is 0.833. The molecule has 0 aliphatic carbocycles. The minimum atomic E-state index is -1.68. The van der Waals surface area contributed by atoms with Crippen molar-refractivity contribution in [2.75, 3.05) is 0 Å². The van der Waals surface area contributed by atoms with Crippen molar-refractivity contribution in [1.29, 1.82) is 0 Å². The number of rotatable bonds is 1. The second-order valence-corrected chi connectivity index (χ2v) is 2.84. The van der Waals surface area contributed by atoms with E-state index in [0.717, 1.165) is 0 Å². The number of carboxylic acids is 1. The Hall–Kier alpha value is -0.730. The normalized spacial score (nSPS) is 46.0. The van der Waals surface area contributed by atoms with Gasteiger partial charge >= 0.3 is 5.97 Å². The molecule has 1 aliphatic rings. The SMILES string of the molecule is N[C@H]1[C@@H](O)[C@H](O)O[C@H](C(=O)O)[C@H]1O. The van der Waals surface area contributed by atoms with Crippen LogP contribution in [0.5, 0.6) is 0 Å². The molecule has 0 bridgehead atoms. The molecule has 0 unspecified atom stereocenters. The van der Waals surface area contributed by atoms with E-state index in [-0.39, 0.29) is 0 Å². The highest BCUT2D eigenvalue weighted by atomic mass is 16.6. The van der Waals surface area contributed by atoms with E-state index < -0.39 is 36.6 Å². The maximum Gasteiger partial charge on any atom is 0.335 e. The lowest BCUT2D eigenvalue weighted by atomic mass is 9.97. The maximum absolute atomic E-state index is 10.4. The van der Waals surface area contributed by atoms with Gasteiger partial charge in [-0.25, -0.2) is 4.79 Å². The minimum absolute atomic E-state index is 1.23. The molecule has 7 nitrogen and oxygen atoms in total. The van der Waals surface area contributed by atoms with Crippen molar-refractivity contribution in [3.8, 4) is 0 Å². The molecule has 1 fully saturated rings. The number of hydrogen-bond acceptors (Lipinski definition) is 6. The van der Waals surface area contributed by atoms with Gasteiger partial charge in [0, 0.05) is 0 Å². The molecule has 1 saturated heterocycles. The summed E-state index contributed by atoms with van der Waals surface area (Å²) in [7, 11) is 0. The Balaban J connectivity index is 2.76. The minimum Gasteiger partial charge on any atom is -0.479 e. The monoisotopic (exact) mass is 193 g/mol. The van der Waals surface area contributed by atoms with Crippen LogP contribution in [0.4, 0.5) is 0 Å². The predicted molar refractivity (Wildman–Crippen MR) is 38.5 cm³/mol. The van der Waals surface area contributed by atoms with Crippen LogP contribution in [0.1, 0.15) is 0 Å². The van der Waals surface area contributed by atoms with Crippen LogP contribution in [-0.2, 0) is 9.53 Å². The first-order valence-corrected chi connectivity index (χ1v) is 3.63. The zero-order valence-electron chi connectivity index (χ0n) is 6.57. The van der Waals surface area contributed by atoms with E-state index in [4.69, 9.17) is 21.1 Å². The number of hydrogen-bond donors (Lipinski definition) is 5. The van der Waals surface area contributed by atoms with Gasteiger partial charge in [-0.05, 0) is 0 Å². The lowest BCUT2D eigenvalue weighted by Crippen LogP contribution is -2.63. The summed E-state index contributed by atoms with van der Waals surface area (Å²) in [5, 5.41) is 35.7. The Morgan fingerprint density at radius 3 is 2.23 bits per heavy atom. The number of ether oxygens (including phenoxy) is 1. The Kier molecular flexibility index (Phi) is 2.84. The summed E-state index contributed by atoms with van der Waals surface area (Å²) in [4.78, 5) is 10.4. The van der Waals surface area contributed by atoms with E-state index in [1.165, 1.54) is 0 Å². The zero-order chi connectivity index (χ0) is 10.2. The standard InChI is InChI=1S/C6H11NO6/c7-1-2(8)4(5(10)11)13-6(12)3(1)9/h1-4,6,8-9,12H,7H2,(H,10,11)/t1-,2+,3-,4+,6-/m1/s1. The first-order chi connectivity index (χ1) is 5.95. The summed E-state index contributed by atoms with van der Waals surface area (Å²) < 4.78 is 4.42. The smallest absolute Gasteiger partial charge is 0.335 e. The molecule has 1 heterocycles. The molecule has 6 N–H and O–H groups in total. The molecule has 0 radical (unpaired) electrons. The molecule has 0 aromatic rings. The van der Waals surface area contributed by atoms with Gasteiger partial charge in [-0.15, -0.1) is 0 Å². The number of aliphatic carboxylic acids is 1. The van der Waals surface area contributed by atoms with Crippen LogP contribution >= 0.6 is 0 Å². The van der Waals surface area contributed by atoms with Gasteiger partial charge < -0.3 is 30.9 Å². The van der Waals surface area contributed by atoms with E-state index in [1.807, 2.05) is 0 Å². The topological polar surface area (TPSA) is 133 Å². The molecule has 0 amide bonds. The highest BCUT2D eigenvalue weighted by molar-refractivity contribution is 5.73. The molecule has 7 heteroatoms. The third kappa shape index (κ3) is 1.79. The molecule has 0 aromatic carbocycles. The molecule has 5 atom stereocenters. The van der Waals surface area contributed by atoms with Crippen LogP contribution in [0.2, 0.25) is 0 Å². The highest BCUT2D eigenvalue weighted by Gasteiger charge is 2.45. The average molecular weight is 193 g/mol. The number of carbonyl (C=O) groups is 1. The summed E-state index contributed by atoms with van der Waals surface area (Å²) >= 11 is 0. The predicted octanol–water partition coefficient (Wildman–Crippen LogP) is -3.16. The third-order valence-corrected chi connectivity index (χ3v) is 1.92. The molecular formula is C6H11NO6. The van der Waals surface area contributed by atoms with Crippen LogP contribution in [0.3, 0.4) is 0 Å². The summed E-state index contributed by atoms with van der Waals surface area (Å²) in [6.45, 7) is 0. The van der Waals surface area contributed by atoms with Gasteiger partial charge in [0.25, 0.3) is 0 Å². The van der Waals surface area contributed by atoms with Crippen LogP contribution in [0.25, 0.3) is 0 Å². The molecule has 13 heavy (non-hydrogen) atoms. The summed E-state index contributed by atoms with van der Waals surface area (Å²) in [5.74, 6) is -1.44.